The van der Waals surface area contributed by atoms with E-state index < -0.39 is 118 Å². The summed E-state index contributed by atoms with van der Waals surface area (Å²) in [6, 6.07) is 6.43. The summed E-state index contributed by atoms with van der Waals surface area (Å²) in [7, 11) is 1.47. The van der Waals surface area contributed by atoms with Gasteiger partial charge in [0.05, 0.1) is 36.8 Å². The number of carbonyl (C=O) groups is 12. The number of carbonyl (C=O) groups excluding carboxylic acids is 12. The topological polar surface area (TPSA) is 331 Å². The highest BCUT2D eigenvalue weighted by molar-refractivity contribution is 6.38. The fourth-order valence-electron chi connectivity index (χ4n) is 13.7. The molecule has 0 spiro atoms. The Hall–Kier alpha value is -7.98. The number of primary amides is 1. The maximum Gasteiger partial charge on any atom is 0.316 e. The van der Waals surface area contributed by atoms with Crippen LogP contribution in [0.15, 0.2) is 67.3 Å². The normalized spacial score (nSPS) is 22.6. The molecule has 9 N–H and O–H groups in total. The zero-order valence-corrected chi connectivity index (χ0v) is 57.3. The first-order valence-electron chi connectivity index (χ1n) is 32.8. The van der Waals surface area contributed by atoms with Crippen molar-refractivity contribution >= 4 is 70.6 Å². The van der Waals surface area contributed by atoms with Crippen LogP contribution in [0.5, 0.6) is 5.75 Å². The SMILES string of the molecule is C=CCNC(=O)C(=O)C(CCC)NC(=O)[C@@H]1[C@@H]2[C@H](CN1C(=O)[C@@H](NC(=O)N[C@H](C(=O)c1ccccc1OC)C(C)C)C(C)(C)C)C2(C)C.CC(C)[C@H](NC(=O)N[C@H](C(=O)N1C[C@H]2[C@@H]([C@H]1C(=O)NC(CC1CCC1)C(=O)C(N)=O)C2(C)C)C(C)(C)C)C(=O)c1ccccc1. The number of rotatable bonds is 27. The zero-order valence-electron chi connectivity index (χ0n) is 57.3. The molecule has 10 amide bonds. The van der Waals surface area contributed by atoms with E-state index in [0.29, 0.717) is 42.8 Å². The van der Waals surface area contributed by atoms with Crippen LogP contribution in [0.2, 0.25) is 0 Å². The molecule has 3 saturated carbocycles. The van der Waals surface area contributed by atoms with Crippen LogP contribution in [0.3, 0.4) is 0 Å². The van der Waals surface area contributed by atoms with Gasteiger partial charge in [0.15, 0.2) is 11.6 Å². The van der Waals surface area contributed by atoms with Crippen LogP contribution in [0.25, 0.3) is 0 Å². The summed E-state index contributed by atoms with van der Waals surface area (Å²) in [5.74, 6) is -6.03. The molecule has 5 fully saturated rings. The lowest BCUT2D eigenvalue weighted by Crippen LogP contribution is -2.62. The van der Waals surface area contributed by atoms with Crippen LogP contribution < -0.4 is 47.7 Å². The summed E-state index contributed by atoms with van der Waals surface area (Å²) < 4.78 is 5.36. The number of benzene rings is 2. The van der Waals surface area contributed by atoms with Crippen LogP contribution in [0.1, 0.15) is 163 Å². The number of piperidine rings is 2. The molecule has 2 unspecified atom stereocenters. The summed E-state index contributed by atoms with van der Waals surface area (Å²) >= 11 is 0. The van der Waals surface area contributed by atoms with E-state index in [-0.39, 0.29) is 76.8 Å². The molecule has 7 rings (SSSR count). The van der Waals surface area contributed by atoms with Crippen molar-refractivity contribution in [2.24, 2.45) is 68.8 Å². The molecule has 2 aromatic rings. The monoisotopic (exact) mass is 1290 g/mol. The van der Waals surface area contributed by atoms with Crippen molar-refractivity contribution in [3.63, 3.8) is 0 Å². The quantitative estimate of drug-likeness (QED) is 0.0286. The molecule has 2 saturated heterocycles. The number of nitrogens with zero attached hydrogens (tertiary/aromatic N) is 2. The van der Waals surface area contributed by atoms with Crippen molar-refractivity contribution in [1.82, 2.24) is 47.0 Å². The van der Waals surface area contributed by atoms with Crippen LogP contribution in [0.4, 0.5) is 9.59 Å². The van der Waals surface area contributed by atoms with Crippen LogP contribution in [-0.2, 0) is 38.4 Å². The van der Waals surface area contributed by atoms with E-state index in [1.807, 2.05) is 110 Å². The molecule has 2 aliphatic heterocycles. The van der Waals surface area contributed by atoms with E-state index in [4.69, 9.17) is 10.5 Å². The van der Waals surface area contributed by atoms with Crippen LogP contribution >= 0.6 is 0 Å². The Morgan fingerprint density at radius 1 is 0.634 bits per heavy atom. The van der Waals surface area contributed by atoms with Crippen molar-refractivity contribution in [1.29, 1.82) is 0 Å². The number of ketones is 4. The minimum atomic E-state index is -1.10. The number of ether oxygens (including phenoxy) is 1. The second kappa shape index (κ2) is 30.0. The molecule has 23 nitrogen and oxygen atoms in total. The Balaban J connectivity index is 0.000000296. The van der Waals surface area contributed by atoms with Crippen LogP contribution in [-0.4, -0.2) is 156 Å². The van der Waals surface area contributed by atoms with Gasteiger partial charge in [-0.15, -0.1) is 6.58 Å². The number of fused-ring (bicyclic) bond motifs is 2. The predicted molar refractivity (Wildman–Crippen MR) is 351 cm³/mol. The summed E-state index contributed by atoms with van der Waals surface area (Å²) in [6.07, 6.45) is 5.44. The molecule has 12 atom stereocenters. The maximum atomic E-state index is 14.3. The molecule has 510 valence electrons. The molecule has 0 bridgehead atoms. The molecule has 3 aliphatic carbocycles. The van der Waals surface area contributed by atoms with Gasteiger partial charge in [0.1, 0.15) is 29.9 Å². The molecule has 93 heavy (non-hydrogen) atoms. The van der Waals surface area contributed by atoms with Gasteiger partial charge in [0.2, 0.25) is 35.2 Å². The molecular weight excluding hydrogens is 1190 g/mol. The van der Waals surface area contributed by atoms with Crippen molar-refractivity contribution in [2.45, 2.75) is 191 Å². The average molecular weight is 1290 g/mol. The third-order valence-corrected chi connectivity index (χ3v) is 19.7. The standard InChI is InChI=1S/C36H53N5O7.C34H49N5O6/c1-11-15-23(29(43)32(45)37-18-12-2)38-31(44)27-25-22(36(25,8)9)19-41(27)33(46)30(35(5,6)7)40-34(47)39-26(20(3)4)28(42)21-16-13-14-17-24(21)48-10;1-18(2)24(26(40)20-14-9-8-10-15-20)37-32(45)38-28(33(3,4)5)31(44)39-17-21-23(34(21,6)7)25(39)30(43)36-22(27(41)29(35)42)16-19-12-11-13-19/h12-14,16-17,20,22-23,25-27,30H,2,11,15,18-19H2,1,3-10H3,(H,37,45)(H,38,44)(H2,39,40,47);8-10,14-15,18-19,21-25,28H,11-13,16-17H2,1-7H3,(H2,35,42)(H,36,43)(H2,37,38,45)/t22-,23?,25-,26-,27-,30+;21-,22?,23-,24-,25-,28+/m00/s1. The molecule has 2 heterocycles. The number of hydrogen-bond acceptors (Lipinski definition) is 13. The van der Waals surface area contributed by atoms with Crippen molar-refractivity contribution < 1.29 is 62.3 Å². The summed E-state index contributed by atoms with van der Waals surface area (Å²) in [4.78, 5) is 163. The number of nitrogens with two attached hydrogens (primary N) is 1. The van der Waals surface area contributed by atoms with Gasteiger partial charge < -0.3 is 57.5 Å². The van der Waals surface area contributed by atoms with Crippen molar-refractivity contribution in [3.05, 3.63) is 78.4 Å². The number of Topliss-reactive ketones (excluding diaryl/α,β-unsaturated/α-hetero) is 4. The summed E-state index contributed by atoms with van der Waals surface area (Å²) in [5, 5.41) is 19.2. The lowest BCUT2D eigenvalue weighted by Gasteiger charge is -2.38. The second-order valence-electron chi connectivity index (χ2n) is 29.9. The largest absolute Gasteiger partial charge is 0.496 e. The highest BCUT2D eigenvalue weighted by Gasteiger charge is 2.71. The number of urea groups is 2. The minimum Gasteiger partial charge on any atom is -0.496 e. The first-order valence-corrected chi connectivity index (χ1v) is 32.8. The first kappa shape index (κ1) is 74.1. The van der Waals surface area contributed by atoms with E-state index in [2.05, 4.69) is 43.8 Å². The summed E-state index contributed by atoms with van der Waals surface area (Å²) in [5.41, 5.74) is 4.19. The van der Waals surface area contributed by atoms with Gasteiger partial charge in [-0.3, -0.25) is 47.9 Å². The number of amides is 10. The second-order valence-corrected chi connectivity index (χ2v) is 29.9. The highest BCUT2D eigenvalue weighted by atomic mass is 16.5. The Morgan fingerprint density at radius 3 is 1.49 bits per heavy atom. The molecule has 0 radical (unpaired) electrons. The molecule has 2 aromatic carbocycles. The van der Waals surface area contributed by atoms with Gasteiger partial charge in [-0.1, -0.05) is 178 Å². The maximum absolute atomic E-state index is 14.3. The predicted octanol–water partition coefficient (Wildman–Crippen LogP) is 6.08. The average Bonchev–Trinajstić information content (AvgIpc) is 1.53. The van der Waals surface area contributed by atoms with Crippen molar-refractivity contribution in [3.8, 4) is 5.75 Å². The number of nitrogens with one attached hydrogen (secondary N) is 7. The van der Waals surface area contributed by atoms with E-state index >= 15 is 0 Å². The first-order chi connectivity index (χ1) is 43.4. The molecular formula is C70H102N10O13. The van der Waals surface area contributed by atoms with Gasteiger partial charge in [0, 0.05) is 25.2 Å². The Bertz CT molecular complexity index is 3160. The smallest absolute Gasteiger partial charge is 0.316 e. The Labute approximate surface area is 548 Å². The number of likely N-dealkylation sites (tertiary alicyclic amines) is 2. The number of hydrogen-bond donors (Lipinski definition) is 8. The van der Waals surface area contributed by atoms with E-state index in [1.54, 1.807) is 48.5 Å². The lowest BCUT2D eigenvalue weighted by molar-refractivity contribution is -0.145. The van der Waals surface area contributed by atoms with Gasteiger partial charge in [-0.2, -0.15) is 0 Å². The Kier molecular flexibility index (Phi) is 23.9. The van der Waals surface area contributed by atoms with Crippen LogP contribution in [0, 0.1) is 63.1 Å². The summed E-state index contributed by atoms with van der Waals surface area (Å²) in [6.45, 7) is 32.5. The fourth-order valence-corrected chi connectivity index (χ4v) is 13.7. The zero-order chi connectivity index (χ0) is 69.6. The number of para-hydroxylation sites is 1. The molecule has 0 aromatic heterocycles. The van der Waals surface area contributed by atoms with E-state index in [1.165, 1.54) is 23.0 Å². The fraction of sp³-hybridized carbons (Fsp3) is 0.629. The van der Waals surface area contributed by atoms with Gasteiger partial charge in [0.25, 0.3) is 11.8 Å². The highest BCUT2D eigenvalue weighted by Crippen LogP contribution is 2.66. The van der Waals surface area contributed by atoms with E-state index in [9.17, 15) is 57.5 Å². The molecule has 5 aliphatic rings. The third-order valence-electron chi connectivity index (χ3n) is 19.7. The van der Waals surface area contributed by atoms with Gasteiger partial charge >= 0.3 is 12.1 Å². The third kappa shape index (κ3) is 17.1. The minimum absolute atomic E-state index is 0.0478. The number of methoxy groups -OCH3 is 1. The van der Waals surface area contributed by atoms with Crippen molar-refractivity contribution in [2.75, 3.05) is 26.7 Å². The van der Waals surface area contributed by atoms with Gasteiger partial charge in [-0.05, 0) is 88.1 Å². The van der Waals surface area contributed by atoms with Gasteiger partial charge in [-0.25, -0.2) is 9.59 Å². The Morgan fingerprint density at radius 2 is 1.09 bits per heavy atom. The molecule has 23 heteroatoms. The van der Waals surface area contributed by atoms with E-state index in [0.717, 1.165) is 19.3 Å². The lowest BCUT2D eigenvalue weighted by atomic mass is 9.80.